The first-order valence-corrected chi connectivity index (χ1v) is 12.0. The first-order chi connectivity index (χ1) is 13.9. The maximum absolute atomic E-state index is 12.9. The van der Waals surface area contributed by atoms with E-state index in [1.165, 1.54) is 0 Å². The van der Waals surface area contributed by atoms with Crippen molar-refractivity contribution in [3.63, 3.8) is 0 Å². The van der Waals surface area contributed by atoms with Gasteiger partial charge in [0.1, 0.15) is 0 Å². The topological polar surface area (TPSA) is 69.0 Å². The zero-order valence-electron chi connectivity index (χ0n) is 17.4. The van der Waals surface area contributed by atoms with Crippen LogP contribution in [0.5, 0.6) is 0 Å². The lowest BCUT2D eigenvalue weighted by molar-refractivity contribution is 0.0910. The highest BCUT2D eigenvalue weighted by Crippen LogP contribution is 2.27. The Morgan fingerprint density at radius 3 is 2.34 bits per heavy atom. The molecular formula is C21H32N4O3S. The van der Waals surface area contributed by atoms with E-state index < -0.39 is 16.3 Å². The lowest BCUT2D eigenvalue weighted by Crippen LogP contribution is -2.54. The summed E-state index contributed by atoms with van der Waals surface area (Å²) in [6.07, 6.45) is 3.29. The average Bonchev–Trinajstić information content (AvgIpc) is 3.06. The number of para-hydroxylation sites is 1. The molecule has 4 rings (SSSR count). The highest BCUT2D eigenvalue weighted by molar-refractivity contribution is 7.86. The summed E-state index contributed by atoms with van der Waals surface area (Å²) in [5, 5.41) is 11.9. The number of piperidine rings is 1. The van der Waals surface area contributed by atoms with Gasteiger partial charge in [-0.1, -0.05) is 25.1 Å². The molecule has 29 heavy (non-hydrogen) atoms. The van der Waals surface area contributed by atoms with Crippen LogP contribution in [0.4, 0.5) is 0 Å². The Morgan fingerprint density at radius 2 is 1.66 bits per heavy atom. The summed E-state index contributed by atoms with van der Waals surface area (Å²) in [4.78, 5) is 2.16. The molecule has 2 aliphatic heterocycles. The van der Waals surface area contributed by atoms with E-state index in [-0.39, 0.29) is 0 Å². The standard InChI is InChI=1S/C21H32N4O3S/c1-17-7-9-24(10-8-17)29(27,28)25-13-11-23(12-14-25)16-21(26)19-15-22(2)20-6-4-3-5-18(19)20/h3-6,15,17,21,26H,7-14,16H2,1-2H3. The highest BCUT2D eigenvalue weighted by Gasteiger charge is 2.34. The van der Waals surface area contributed by atoms with Gasteiger partial charge in [0, 0.05) is 75.5 Å². The number of fused-ring (bicyclic) bond motifs is 1. The van der Waals surface area contributed by atoms with E-state index in [2.05, 4.69) is 17.9 Å². The molecule has 1 N–H and O–H groups in total. The molecule has 2 aliphatic rings. The maximum Gasteiger partial charge on any atom is 0.282 e. The molecule has 160 valence electrons. The first-order valence-electron chi connectivity index (χ1n) is 10.6. The third-order valence-corrected chi connectivity index (χ3v) is 8.48. The minimum atomic E-state index is -3.36. The largest absolute Gasteiger partial charge is 0.387 e. The third-order valence-electron chi connectivity index (χ3n) is 6.44. The number of rotatable bonds is 5. The number of aliphatic hydroxyl groups excluding tert-OH is 1. The first kappa shape index (κ1) is 20.8. The van der Waals surface area contributed by atoms with E-state index >= 15 is 0 Å². The van der Waals surface area contributed by atoms with Crippen LogP contribution < -0.4 is 0 Å². The molecule has 2 fully saturated rings. The summed E-state index contributed by atoms with van der Waals surface area (Å²) in [6.45, 7) is 6.21. The van der Waals surface area contributed by atoms with E-state index in [4.69, 9.17) is 0 Å². The fraction of sp³-hybridized carbons (Fsp3) is 0.619. The second kappa shape index (κ2) is 8.35. The van der Waals surface area contributed by atoms with Gasteiger partial charge < -0.3 is 9.67 Å². The monoisotopic (exact) mass is 420 g/mol. The molecule has 0 radical (unpaired) electrons. The van der Waals surface area contributed by atoms with Gasteiger partial charge in [0.05, 0.1) is 6.10 Å². The van der Waals surface area contributed by atoms with Crippen molar-refractivity contribution in [2.75, 3.05) is 45.8 Å². The van der Waals surface area contributed by atoms with Gasteiger partial charge in [0.25, 0.3) is 10.2 Å². The summed E-state index contributed by atoms with van der Waals surface area (Å²) in [5.41, 5.74) is 2.04. The van der Waals surface area contributed by atoms with Gasteiger partial charge in [-0.25, -0.2) is 0 Å². The fourth-order valence-corrected chi connectivity index (χ4v) is 6.13. The molecule has 8 heteroatoms. The van der Waals surface area contributed by atoms with Crippen molar-refractivity contribution in [3.8, 4) is 0 Å². The van der Waals surface area contributed by atoms with Gasteiger partial charge in [-0.05, 0) is 24.8 Å². The second-order valence-electron chi connectivity index (χ2n) is 8.52. The van der Waals surface area contributed by atoms with Crippen LogP contribution in [-0.2, 0) is 17.3 Å². The number of hydrogen-bond donors (Lipinski definition) is 1. The SMILES string of the molecule is CC1CCN(S(=O)(=O)N2CCN(CC(O)c3cn(C)c4ccccc34)CC2)CC1. The Labute approximate surface area is 173 Å². The molecule has 0 bridgehead atoms. The van der Waals surface area contributed by atoms with Crippen LogP contribution in [0.1, 0.15) is 31.4 Å². The van der Waals surface area contributed by atoms with Crippen LogP contribution in [0.3, 0.4) is 0 Å². The molecular weight excluding hydrogens is 388 g/mol. The number of β-amino-alcohol motifs (C(OH)–C–C–N with tert-alkyl or cyclic N) is 1. The molecule has 1 aromatic heterocycles. The average molecular weight is 421 g/mol. The van der Waals surface area contributed by atoms with Gasteiger partial charge in [-0.2, -0.15) is 17.0 Å². The third kappa shape index (κ3) is 4.22. The summed E-state index contributed by atoms with van der Waals surface area (Å²) in [7, 11) is -1.37. The Balaban J connectivity index is 1.36. The van der Waals surface area contributed by atoms with Crippen molar-refractivity contribution < 1.29 is 13.5 Å². The van der Waals surface area contributed by atoms with Crippen molar-refractivity contribution in [2.45, 2.75) is 25.9 Å². The fourth-order valence-electron chi connectivity index (χ4n) is 4.50. The molecule has 1 unspecified atom stereocenters. The van der Waals surface area contributed by atoms with Gasteiger partial charge in [-0.3, -0.25) is 4.90 Å². The number of aliphatic hydroxyl groups is 1. The molecule has 3 heterocycles. The number of aryl methyl sites for hydroxylation is 1. The summed E-state index contributed by atoms with van der Waals surface area (Å²) in [5.74, 6) is 0.605. The van der Waals surface area contributed by atoms with Crippen LogP contribution in [0, 0.1) is 5.92 Å². The minimum Gasteiger partial charge on any atom is -0.387 e. The molecule has 1 atom stereocenters. The molecule has 0 aliphatic carbocycles. The van der Waals surface area contributed by atoms with Crippen LogP contribution >= 0.6 is 0 Å². The Kier molecular flexibility index (Phi) is 5.99. The van der Waals surface area contributed by atoms with Gasteiger partial charge in [0.2, 0.25) is 0 Å². The van der Waals surface area contributed by atoms with Gasteiger partial charge in [-0.15, -0.1) is 0 Å². The van der Waals surface area contributed by atoms with Crippen molar-refractivity contribution in [2.24, 2.45) is 13.0 Å². The molecule has 0 saturated carbocycles. The lowest BCUT2D eigenvalue weighted by Gasteiger charge is -2.38. The minimum absolute atomic E-state index is 0.483. The summed E-state index contributed by atoms with van der Waals surface area (Å²) in [6, 6.07) is 8.08. The van der Waals surface area contributed by atoms with Crippen LogP contribution in [-0.4, -0.2) is 77.4 Å². The predicted molar refractivity (Wildman–Crippen MR) is 115 cm³/mol. The number of aromatic nitrogens is 1. The number of benzene rings is 1. The van der Waals surface area contributed by atoms with E-state index in [9.17, 15) is 13.5 Å². The summed E-state index contributed by atoms with van der Waals surface area (Å²) >= 11 is 0. The normalized spacial score (nSPS) is 22.3. The van der Waals surface area contributed by atoms with Crippen molar-refractivity contribution in [1.29, 1.82) is 0 Å². The number of nitrogens with zero attached hydrogens (tertiary/aromatic N) is 4. The van der Waals surface area contributed by atoms with E-state index in [0.717, 1.165) is 29.3 Å². The quantitative estimate of drug-likeness (QED) is 0.801. The zero-order valence-corrected chi connectivity index (χ0v) is 18.2. The van der Waals surface area contributed by atoms with Crippen molar-refractivity contribution >= 4 is 21.1 Å². The molecule has 2 aromatic rings. The molecule has 7 nitrogen and oxygen atoms in total. The zero-order chi connectivity index (χ0) is 20.6. The van der Waals surface area contributed by atoms with Crippen LogP contribution in [0.15, 0.2) is 30.5 Å². The Morgan fingerprint density at radius 1 is 1.03 bits per heavy atom. The number of hydrogen-bond acceptors (Lipinski definition) is 4. The number of piperazine rings is 1. The highest BCUT2D eigenvalue weighted by atomic mass is 32.2. The maximum atomic E-state index is 12.9. The molecule has 0 spiro atoms. The van der Waals surface area contributed by atoms with Crippen molar-refractivity contribution in [1.82, 2.24) is 18.1 Å². The summed E-state index contributed by atoms with van der Waals surface area (Å²) < 4.78 is 31.2. The van der Waals surface area contributed by atoms with Gasteiger partial charge in [0.15, 0.2) is 0 Å². The van der Waals surface area contributed by atoms with Crippen molar-refractivity contribution in [3.05, 3.63) is 36.0 Å². The Hall–Kier alpha value is -1.45. The van der Waals surface area contributed by atoms with Crippen LogP contribution in [0.2, 0.25) is 0 Å². The lowest BCUT2D eigenvalue weighted by atomic mass is 10.0. The van der Waals surface area contributed by atoms with E-state index in [0.29, 0.717) is 51.7 Å². The second-order valence-corrected chi connectivity index (χ2v) is 10.4. The predicted octanol–water partition coefficient (Wildman–Crippen LogP) is 1.81. The van der Waals surface area contributed by atoms with Crippen LogP contribution in [0.25, 0.3) is 10.9 Å². The Bertz CT molecular complexity index is 942. The molecule has 2 saturated heterocycles. The molecule has 1 aromatic carbocycles. The van der Waals surface area contributed by atoms with E-state index in [1.54, 1.807) is 8.61 Å². The molecule has 0 amide bonds. The van der Waals surface area contributed by atoms with E-state index in [1.807, 2.05) is 36.0 Å². The smallest absolute Gasteiger partial charge is 0.282 e. The van der Waals surface area contributed by atoms with Gasteiger partial charge >= 0.3 is 0 Å².